The van der Waals surface area contributed by atoms with Crippen LogP contribution in [0, 0.1) is 5.92 Å². The monoisotopic (exact) mass is 420 g/mol. The second kappa shape index (κ2) is 8.36. The molecule has 1 aromatic carbocycles. The van der Waals surface area contributed by atoms with Crippen molar-refractivity contribution in [3.8, 4) is 0 Å². The maximum Gasteiger partial charge on any atom is 0.254 e. The summed E-state index contributed by atoms with van der Waals surface area (Å²) in [4.78, 5) is 15.4. The molecule has 3 fully saturated rings. The summed E-state index contributed by atoms with van der Waals surface area (Å²) >= 11 is 0. The molecule has 0 spiro atoms. The smallest absolute Gasteiger partial charge is 0.254 e. The van der Waals surface area contributed by atoms with E-state index in [-0.39, 0.29) is 23.0 Å². The number of benzene rings is 1. The molecule has 1 aliphatic carbocycles. The Labute approximate surface area is 174 Å². The first-order chi connectivity index (χ1) is 13.9. The van der Waals surface area contributed by atoms with E-state index in [4.69, 9.17) is 4.74 Å². The minimum absolute atomic E-state index is 0.0409. The molecule has 2 heterocycles. The standard InChI is InChI=1S/C22H32N2O4S/c1-16-14-23(15-17(2)28-16)29(26,27)20-11-9-19(10-12-20)22(25)24-13-5-7-18-6-3-4-8-21(18)24/h9-12,16-18,21H,3-8,13-15H2,1-2H3/t16-,17+,18-,21-/m0/s1. The summed E-state index contributed by atoms with van der Waals surface area (Å²) in [5.41, 5.74) is 0.582. The van der Waals surface area contributed by atoms with Crippen molar-refractivity contribution < 1.29 is 17.9 Å². The number of ether oxygens (including phenoxy) is 1. The Morgan fingerprint density at radius 1 is 0.966 bits per heavy atom. The Morgan fingerprint density at radius 2 is 1.59 bits per heavy atom. The Bertz CT molecular complexity index is 827. The van der Waals surface area contributed by atoms with Crippen molar-refractivity contribution in [2.45, 2.75) is 75.5 Å². The van der Waals surface area contributed by atoms with Gasteiger partial charge >= 0.3 is 0 Å². The summed E-state index contributed by atoms with van der Waals surface area (Å²) in [6.45, 7) is 5.28. The number of hydrogen-bond donors (Lipinski definition) is 0. The molecule has 1 amide bonds. The molecule has 0 aromatic heterocycles. The highest BCUT2D eigenvalue weighted by Gasteiger charge is 2.36. The summed E-state index contributed by atoms with van der Waals surface area (Å²) in [5.74, 6) is 0.672. The van der Waals surface area contributed by atoms with Crippen LogP contribution in [0.15, 0.2) is 29.2 Å². The zero-order chi connectivity index (χ0) is 20.6. The first-order valence-electron chi connectivity index (χ1n) is 10.9. The molecule has 0 unspecified atom stereocenters. The van der Waals surface area contributed by atoms with Gasteiger partial charge in [0.05, 0.1) is 17.1 Å². The number of morpholine rings is 1. The summed E-state index contributed by atoms with van der Waals surface area (Å²) in [7, 11) is -3.59. The maximum atomic E-state index is 13.2. The molecule has 4 rings (SSSR count). The molecule has 2 aliphatic heterocycles. The lowest BCUT2D eigenvalue weighted by Crippen LogP contribution is -2.49. The van der Waals surface area contributed by atoms with Crippen molar-refractivity contribution in [1.29, 1.82) is 0 Å². The lowest BCUT2D eigenvalue weighted by atomic mass is 9.78. The van der Waals surface area contributed by atoms with Gasteiger partial charge in [-0.25, -0.2) is 8.42 Å². The number of carbonyl (C=O) groups is 1. The van der Waals surface area contributed by atoms with Crippen LogP contribution in [0.4, 0.5) is 0 Å². The average Bonchev–Trinajstić information content (AvgIpc) is 2.72. The topological polar surface area (TPSA) is 66.9 Å². The van der Waals surface area contributed by atoms with Gasteiger partial charge in [0.25, 0.3) is 5.91 Å². The molecule has 3 aliphatic rings. The van der Waals surface area contributed by atoms with Gasteiger partial charge in [-0.15, -0.1) is 0 Å². The lowest BCUT2D eigenvalue weighted by Gasteiger charge is -2.44. The van der Waals surface area contributed by atoms with E-state index in [2.05, 4.69) is 0 Å². The molecular weight excluding hydrogens is 388 g/mol. The molecule has 1 saturated carbocycles. The molecule has 29 heavy (non-hydrogen) atoms. The summed E-state index contributed by atoms with van der Waals surface area (Å²) in [6.07, 6.45) is 6.81. The van der Waals surface area contributed by atoms with E-state index in [1.54, 1.807) is 24.3 Å². The number of rotatable bonds is 3. The number of nitrogens with zero attached hydrogens (tertiary/aromatic N) is 2. The SMILES string of the molecule is C[C@@H]1CN(S(=O)(=O)c2ccc(C(=O)N3CCC[C@@H]4CCCC[C@@H]43)cc2)C[C@H](C)O1. The zero-order valence-electron chi connectivity index (χ0n) is 17.4. The van der Waals surface area contributed by atoms with Gasteiger partial charge in [-0.05, 0) is 69.7 Å². The Balaban J connectivity index is 1.50. The second-order valence-electron chi connectivity index (χ2n) is 8.86. The first-order valence-corrected chi connectivity index (χ1v) is 12.4. The van der Waals surface area contributed by atoms with Crippen LogP contribution in [0.3, 0.4) is 0 Å². The third-order valence-corrected chi connectivity index (χ3v) is 8.48. The van der Waals surface area contributed by atoms with Crippen LogP contribution in [0.25, 0.3) is 0 Å². The minimum Gasteiger partial charge on any atom is -0.373 e. The highest BCUT2D eigenvalue weighted by atomic mass is 32.2. The third kappa shape index (κ3) is 4.23. The molecule has 160 valence electrons. The first kappa shape index (κ1) is 20.8. The number of hydrogen-bond acceptors (Lipinski definition) is 4. The number of amides is 1. The van der Waals surface area contributed by atoms with Crippen LogP contribution in [0.5, 0.6) is 0 Å². The van der Waals surface area contributed by atoms with Crippen molar-refractivity contribution in [1.82, 2.24) is 9.21 Å². The third-order valence-electron chi connectivity index (χ3n) is 6.63. The van der Waals surface area contributed by atoms with Gasteiger partial charge in [0.1, 0.15) is 0 Å². The van der Waals surface area contributed by atoms with Crippen LogP contribution in [-0.2, 0) is 14.8 Å². The average molecular weight is 421 g/mol. The molecule has 7 heteroatoms. The number of carbonyl (C=O) groups excluding carboxylic acids is 1. The number of likely N-dealkylation sites (tertiary alicyclic amines) is 1. The van der Waals surface area contributed by atoms with Crippen LogP contribution in [0.1, 0.15) is 62.7 Å². The van der Waals surface area contributed by atoms with E-state index in [1.807, 2.05) is 18.7 Å². The van der Waals surface area contributed by atoms with Crippen LogP contribution >= 0.6 is 0 Å². The normalized spacial score (nSPS) is 31.3. The Morgan fingerprint density at radius 3 is 2.28 bits per heavy atom. The molecule has 2 saturated heterocycles. The molecule has 4 atom stereocenters. The zero-order valence-corrected chi connectivity index (χ0v) is 18.2. The van der Waals surface area contributed by atoms with Gasteiger partial charge in [0.2, 0.25) is 10.0 Å². The lowest BCUT2D eigenvalue weighted by molar-refractivity contribution is -0.0440. The Hall–Kier alpha value is -1.44. The van der Waals surface area contributed by atoms with Gasteiger partial charge in [-0.2, -0.15) is 4.31 Å². The molecule has 0 N–H and O–H groups in total. The molecule has 1 aromatic rings. The molecule has 0 radical (unpaired) electrons. The number of fused-ring (bicyclic) bond motifs is 1. The van der Waals surface area contributed by atoms with Crippen LogP contribution < -0.4 is 0 Å². The molecule has 0 bridgehead atoms. The van der Waals surface area contributed by atoms with Crippen molar-refractivity contribution in [3.05, 3.63) is 29.8 Å². The van der Waals surface area contributed by atoms with Gasteiger partial charge in [0, 0.05) is 31.2 Å². The number of piperidine rings is 1. The fraction of sp³-hybridized carbons (Fsp3) is 0.682. The summed E-state index contributed by atoms with van der Waals surface area (Å²) in [6, 6.07) is 6.86. The Kier molecular flexibility index (Phi) is 6.00. The van der Waals surface area contributed by atoms with E-state index in [0.29, 0.717) is 30.6 Å². The van der Waals surface area contributed by atoms with Crippen LogP contribution in [-0.4, -0.2) is 61.4 Å². The van der Waals surface area contributed by atoms with Crippen molar-refractivity contribution in [2.75, 3.05) is 19.6 Å². The highest BCUT2D eigenvalue weighted by Crippen LogP contribution is 2.36. The van der Waals surface area contributed by atoms with Crippen molar-refractivity contribution >= 4 is 15.9 Å². The predicted molar refractivity (Wildman–Crippen MR) is 111 cm³/mol. The van der Waals surface area contributed by atoms with Gasteiger partial charge < -0.3 is 9.64 Å². The number of sulfonamides is 1. The van der Waals surface area contributed by atoms with E-state index >= 15 is 0 Å². The van der Waals surface area contributed by atoms with Gasteiger partial charge in [-0.1, -0.05) is 12.8 Å². The quantitative estimate of drug-likeness (QED) is 0.753. The van der Waals surface area contributed by atoms with E-state index < -0.39 is 10.0 Å². The fourth-order valence-corrected chi connectivity index (χ4v) is 6.88. The van der Waals surface area contributed by atoms with Crippen LogP contribution in [0.2, 0.25) is 0 Å². The second-order valence-corrected chi connectivity index (χ2v) is 10.8. The summed E-state index contributed by atoms with van der Waals surface area (Å²) < 4.78 is 33.2. The highest BCUT2D eigenvalue weighted by molar-refractivity contribution is 7.89. The van der Waals surface area contributed by atoms with Gasteiger partial charge in [-0.3, -0.25) is 4.79 Å². The van der Waals surface area contributed by atoms with E-state index in [1.165, 1.54) is 30.0 Å². The van der Waals surface area contributed by atoms with Gasteiger partial charge in [0.15, 0.2) is 0 Å². The fourth-order valence-electron chi connectivity index (χ4n) is 5.29. The predicted octanol–water partition coefficient (Wildman–Crippen LogP) is 3.28. The molecule has 6 nitrogen and oxygen atoms in total. The van der Waals surface area contributed by atoms with Crippen molar-refractivity contribution in [3.63, 3.8) is 0 Å². The minimum atomic E-state index is -3.59. The van der Waals surface area contributed by atoms with E-state index in [9.17, 15) is 13.2 Å². The van der Waals surface area contributed by atoms with Crippen molar-refractivity contribution in [2.24, 2.45) is 5.92 Å². The summed E-state index contributed by atoms with van der Waals surface area (Å²) in [5, 5.41) is 0. The largest absolute Gasteiger partial charge is 0.373 e. The molecular formula is C22H32N2O4S. The van der Waals surface area contributed by atoms with E-state index in [0.717, 1.165) is 19.4 Å². The maximum absolute atomic E-state index is 13.2.